The molecule has 0 aromatic heterocycles. The van der Waals surface area contributed by atoms with Crippen molar-refractivity contribution in [3.05, 3.63) is 86.5 Å². The molecule has 2 aliphatic heterocycles. The van der Waals surface area contributed by atoms with Gasteiger partial charge in [-0.1, -0.05) is 0 Å². The van der Waals surface area contributed by atoms with Gasteiger partial charge in [0.1, 0.15) is 12.7 Å². The van der Waals surface area contributed by atoms with Crippen molar-refractivity contribution >= 4 is 23.9 Å². The van der Waals surface area contributed by atoms with Crippen molar-refractivity contribution < 1.29 is 76.0 Å². The highest BCUT2D eigenvalue weighted by Crippen LogP contribution is 2.55. The first-order valence-electron chi connectivity index (χ1n) is 16.7. The Morgan fingerprint density at radius 3 is 1.49 bits per heavy atom. The Hall–Kier alpha value is -4.96. The van der Waals surface area contributed by atoms with Crippen LogP contribution in [-0.4, -0.2) is 111 Å². The number of hydrogen-bond donors (Lipinski definition) is 0. The summed E-state index contributed by atoms with van der Waals surface area (Å²) in [5.74, 6) is -2.97. The maximum atomic E-state index is 14.7. The summed E-state index contributed by atoms with van der Waals surface area (Å²) in [6, 6.07) is 2.67. The first kappa shape index (κ1) is 39.7. The van der Waals surface area contributed by atoms with E-state index < -0.39 is 61.2 Å². The van der Waals surface area contributed by atoms with E-state index in [-0.39, 0.29) is 68.6 Å². The number of carbonyl (C=O) groups excluding carboxylic acids is 4. The van der Waals surface area contributed by atoms with Gasteiger partial charge in [-0.25, -0.2) is 9.59 Å². The molecule has 2 heterocycles. The topological polar surface area (TPSA) is 179 Å². The standard InChI is InChI=1S/C39H38O16/c1-44-23-16-21-26(31(48-5)28(23)46-3)27-22(17-24(45-2)29(47-4)32(27)49-6)38(43)55-34-33(54-37(21)42)30(53-36(41)20-14-10-11-15-20)25(52-39(34)50-7)18-51-35(40)19-12-8-9-13-19/h8-17,25,30,33-34,39H,18H2,1-7H3/t25-,30+,33+,34-,39+/m1/s1. The normalized spacial score (nSPS) is 23.9. The third kappa shape index (κ3) is 7.53. The van der Waals surface area contributed by atoms with E-state index in [9.17, 15) is 19.2 Å². The number of esters is 4. The van der Waals surface area contributed by atoms with E-state index >= 15 is 0 Å². The molecule has 0 N–H and O–H groups in total. The second kappa shape index (κ2) is 17.2. The highest BCUT2D eigenvalue weighted by atomic mass is 16.7. The molecule has 1 saturated heterocycles. The number of fused-ring (bicyclic) bond motifs is 4. The minimum absolute atomic E-state index is 0.0180. The predicted octanol–water partition coefficient (Wildman–Crippen LogP) is 3.11. The number of methoxy groups -OCH3 is 7. The third-order valence-electron chi connectivity index (χ3n) is 9.08. The van der Waals surface area contributed by atoms with Gasteiger partial charge in [-0.05, 0) is 63.5 Å². The van der Waals surface area contributed by atoms with Gasteiger partial charge in [-0.3, -0.25) is 9.59 Å². The molecule has 2 aromatic carbocycles. The van der Waals surface area contributed by atoms with E-state index in [1.165, 1.54) is 74.7 Å². The van der Waals surface area contributed by atoms with Crippen molar-refractivity contribution in [3.63, 3.8) is 0 Å². The van der Waals surface area contributed by atoms with Gasteiger partial charge >= 0.3 is 23.9 Å². The van der Waals surface area contributed by atoms with Crippen molar-refractivity contribution in [1.82, 2.24) is 0 Å². The van der Waals surface area contributed by atoms with Crippen LogP contribution in [0.25, 0.3) is 11.1 Å². The number of hydrogen-bond acceptors (Lipinski definition) is 16. The van der Waals surface area contributed by atoms with Crippen LogP contribution >= 0.6 is 0 Å². The fraction of sp³-hybridized carbons (Fsp3) is 0.333. The van der Waals surface area contributed by atoms with Crippen LogP contribution in [0.1, 0.15) is 20.7 Å². The molecule has 290 valence electrons. The molecule has 3 fully saturated rings. The average molecular weight is 763 g/mol. The molecule has 0 bridgehead atoms. The zero-order valence-electron chi connectivity index (χ0n) is 30.9. The lowest BCUT2D eigenvalue weighted by Crippen LogP contribution is -2.63. The summed E-state index contributed by atoms with van der Waals surface area (Å²) in [5, 5.41) is 0. The maximum Gasteiger partial charge on any atom is 0.339 e. The van der Waals surface area contributed by atoms with Gasteiger partial charge in [-0.2, -0.15) is 0 Å². The van der Waals surface area contributed by atoms with Crippen LogP contribution in [0.2, 0.25) is 0 Å². The molecule has 16 nitrogen and oxygen atoms in total. The van der Waals surface area contributed by atoms with Crippen LogP contribution in [0.15, 0.2) is 12.1 Å². The molecule has 4 aliphatic rings. The quantitative estimate of drug-likeness (QED) is 0.227. The number of carbonyl (C=O) groups is 4. The Bertz CT molecular complexity index is 1760. The average Bonchev–Trinajstić information content (AvgIpc) is 3.95. The lowest BCUT2D eigenvalue weighted by atomic mass is 9.90. The molecule has 0 spiro atoms. The molecular weight excluding hydrogens is 724 g/mol. The van der Waals surface area contributed by atoms with Crippen molar-refractivity contribution in [1.29, 1.82) is 0 Å². The Labute approximate surface area is 318 Å². The van der Waals surface area contributed by atoms with E-state index in [1.54, 1.807) is 38.5 Å². The Morgan fingerprint density at radius 2 is 1.05 bits per heavy atom. The summed E-state index contributed by atoms with van der Waals surface area (Å²) in [4.78, 5) is 55.8. The van der Waals surface area contributed by atoms with E-state index in [1.807, 2.05) is 0 Å². The Morgan fingerprint density at radius 1 is 0.600 bits per heavy atom. The zero-order valence-corrected chi connectivity index (χ0v) is 30.9. The maximum absolute atomic E-state index is 14.7. The zero-order chi connectivity index (χ0) is 39.4. The highest BCUT2D eigenvalue weighted by molar-refractivity contribution is 6.09. The van der Waals surface area contributed by atoms with Crippen LogP contribution < -0.4 is 28.4 Å². The lowest BCUT2D eigenvalue weighted by molar-refractivity contribution is -0.295. The molecule has 2 aliphatic carbocycles. The molecule has 0 amide bonds. The first-order chi connectivity index (χ1) is 26.6. The van der Waals surface area contributed by atoms with Gasteiger partial charge < -0.3 is 56.8 Å². The van der Waals surface area contributed by atoms with E-state index in [2.05, 4.69) is 0 Å². The fourth-order valence-electron chi connectivity index (χ4n) is 6.56. The van der Waals surface area contributed by atoms with Gasteiger partial charge in [0, 0.05) is 18.2 Å². The molecule has 6 rings (SSSR count). The lowest BCUT2D eigenvalue weighted by Gasteiger charge is -2.44. The van der Waals surface area contributed by atoms with Gasteiger partial charge in [0.15, 0.2) is 47.6 Å². The van der Waals surface area contributed by atoms with Gasteiger partial charge in [0.2, 0.25) is 11.5 Å². The summed E-state index contributed by atoms with van der Waals surface area (Å²) in [5.41, 5.74) is -0.430. The van der Waals surface area contributed by atoms with Crippen LogP contribution in [0.5, 0.6) is 34.5 Å². The molecule has 16 heteroatoms. The van der Waals surface area contributed by atoms with E-state index in [4.69, 9.17) is 56.8 Å². The summed E-state index contributed by atoms with van der Waals surface area (Å²) in [7, 11) is 9.36. The van der Waals surface area contributed by atoms with Crippen molar-refractivity contribution in [2.75, 3.05) is 56.4 Å². The predicted molar refractivity (Wildman–Crippen MR) is 187 cm³/mol. The van der Waals surface area contributed by atoms with Crippen LogP contribution in [0.3, 0.4) is 0 Å². The second-order valence-electron chi connectivity index (χ2n) is 12.0. The number of ether oxygens (including phenoxy) is 12. The van der Waals surface area contributed by atoms with Gasteiger partial charge in [-0.15, -0.1) is 0 Å². The summed E-state index contributed by atoms with van der Waals surface area (Å²) in [6.45, 7) is -0.496. The fourth-order valence-corrected chi connectivity index (χ4v) is 6.56. The van der Waals surface area contributed by atoms with Crippen molar-refractivity contribution in [3.8, 4) is 45.6 Å². The summed E-state index contributed by atoms with van der Waals surface area (Å²) < 4.78 is 69.7. The molecule has 55 heavy (non-hydrogen) atoms. The molecule has 2 aromatic rings. The minimum atomic E-state index is -1.63. The van der Waals surface area contributed by atoms with Crippen LogP contribution in [0.4, 0.5) is 0 Å². The SMILES string of the molecule is COc1cc2c(c(OC)c1OC)-c1c(cc(OC)c(OC)c1OC)C(=O)O[C@H]1[C@@H](OC)O[C@H](COC(=O)[C]3[CH][CH][CH][CH]3)[C@H](OC(=O)[C]3[CH][CH][CH][CH]3)[C@@H]1OC2=O. The van der Waals surface area contributed by atoms with Crippen LogP contribution in [0, 0.1) is 63.2 Å². The Kier molecular flexibility index (Phi) is 12.4. The third-order valence-corrected chi connectivity index (χ3v) is 9.08. The summed E-state index contributed by atoms with van der Waals surface area (Å²) >= 11 is 0. The monoisotopic (exact) mass is 762 g/mol. The van der Waals surface area contributed by atoms with Gasteiger partial charge in [0.25, 0.3) is 0 Å². The number of benzene rings is 2. The van der Waals surface area contributed by atoms with Crippen molar-refractivity contribution in [2.45, 2.75) is 30.7 Å². The molecule has 10 radical (unpaired) electrons. The van der Waals surface area contributed by atoms with E-state index in [0.717, 1.165) is 0 Å². The highest BCUT2D eigenvalue weighted by Gasteiger charge is 2.55. The smallest absolute Gasteiger partial charge is 0.339 e. The molecular formula is C39H38O16. The molecule has 2 saturated carbocycles. The van der Waals surface area contributed by atoms with Crippen LogP contribution in [-0.2, 0) is 38.0 Å². The second-order valence-corrected chi connectivity index (χ2v) is 12.0. The largest absolute Gasteiger partial charge is 0.493 e. The van der Waals surface area contributed by atoms with Crippen molar-refractivity contribution in [2.24, 2.45) is 0 Å². The summed E-state index contributed by atoms with van der Waals surface area (Å²) in [6.07, 6.45) is 5.18. The molecule has 0 unspecified atom stereocenters. The minimum Gasteiger partial charge on any atom is -0.493 e. The first-order valence-corrected chi connectivity index (χ1v) is 16.7. The molecule has 5 atom stereocenters. The number of rotatable bonds is 12. The van der Waals surface area contributed by atoms with Gasteiger partial charge in [0.05, 0.1) is 65.6 Å². The van der Waals surface area contributed by atoms with E-state index in [0.29, 0.717) is 0 Å². The Balaban J connectivity index is 1.54.